The lowest BCUT2D eigenvalue weighted by molar-refractivity contribution is -0.789. The lowest BCUT2D eigenvalue weighted by atomic mass is 10.1. The van der Waals surface area contributed by atoms with Crippen molar-refractivity contribution in [2.24, 2.45) is 5.73 Å². The van der Waals surface area contributed by atoms with E-state index in [0.29, 0.717) is 5.56 Å². The van der Waals surface area contributed by atoms with Crippen LogP contribution in [0.3, 0.4) is 0 Å². The predicted molar refractivity (Wildman–Crippen MR) is 144 cm³/mol. The van der Waals surface area contributed by atoms with E-state index in [1.807, 2.05) is 0 Å². The molecular weight excluding hydrogens is 602 g/mol. The Morgan fingerprint density at radius 1 is 0.907 bits per heavy atom. The second-order valence-corrected chi connectivity index (χ2v) is 8.69. The molecule has 0 radical (unpaired) electrons. The first kappa shape index (κ1) is 33.5. The summed E-state index contributed by atoms with van der Waals surface area (Å²) >= 11 is 4.87. The van der Waals surface area contributed by atoms with Crippen LogP contribution < -0.4 is 20.5 Å². The van der Waals surface area contributed by atoms with E-state index in [0.717, 1.165) is 12.1 Å². The molecule has 0 aliphatic heterocycles. The molecule has 230 valence electrons. The lowest BCUT2D eigenvalue weighted by Crippen LogP contribution is -2.29. The van der Waals surface area contributed by atoms with Crippen LogP contribution in [0.4, 0.5) is 5.69 Å². The minimum Gasteiger partial charge on any atom is -0.425 e. The molecule has 2 rings (SSSR count). The maximum Gasteiger partial charge on any atom is 0.347 e. The van der Waals surface area contributed by atoms with E-state index in [1.54, 1.807) is 6.92 Å². The van der Waals surface area contributed by atoms with Gasteiger partial charge in [0, 0.05) is 17.3 Å². The molecule has 19 nitrogen and oxygen atoms in total. The Bertz CT molecular complexity index is 1390. The summed E-state index contributed by atoms with van der Waals surface area (Å²) in [6.07, 6.45) is -4.04. The van der Waals surface area contributed by atoms with Gasteiger partial charge in [-0.15, -0.1) is 30.3 Å². The molecule has 2 atom stereocenters. The van der Waals surface area contributed by atoms with E-state index in [9.17, 15) is 44.7 Å². The van der Waals surface area contributed by atoms with E-state index in [2.05, 4.69) is 19.8 Å². The number of ether oxygens (including phenoxy) is 2. The van der Waals surface area contributed by atoms with Crippen molar-refractivity contribution >= 4 is 40.7 Å². The molecule has 0 fully saturated rings. The molecular formula is C23H23N5O14S. The number of esters is 2. The molecule has 0 aromatic heterocycles. The molecule has 0 heterocycles. The third-order valence-electron chi connectivity index (χ3n) is 5.16. The maximum absolute atomic E-state index is 13.0. The van der Waals surface area contributed by atoms with Gasteiger partial charge in [-0.25, -0.2) is 4.79 Å². The van der Waals surface area contributed by atoms with Crippen molar-refractivity contribution < 1.29 is 53.6 Å². The minimum absolute atomic E-state index is 0.0316. The van der Waals surface area contributed by atoms with Gasteiger partial charge in [-0.1, -0.05) is 19.1 Å². The number of amides is 1. The number of rotatable bonds is 17. The highest BCUT2D eigenvalue weighted by Gasteiger charge is 2.24. The number of carbonyl (C=O) groups excluding carboxylic acids is 3. The fraction of sp³-hybridized carbons (Fsp3) is 0.304. The second kappa shape index (κ2) is 16.0. The molecule has 2 unspecified atom stereocenters. The van der Waals surface area contributed by atoms with Crippen molar-refractivity contribution in [3.63, 3.8) is 0 Å². The van der Waals surface area contributed by atoms with Crippen LogP contribution in [-0.4, -0.2) is 56.9 Å². The van der Waals surface area contributed by atoms with E-state index in [4.69, 9.17) is 27.4 Å². The molecule has 1 amide bonds. The molecule has 0 saturated carbocycles. The molecule has 43 heavy (non-hydrogen) atoms. The molecule has 0 saturated heterocycles. The van der Waals surface area contributed by atoms with Gasteiger partial charge in [0.25, 0.3) is 15.3 Å². The molecule has 2 aromatic carbocycles. The third kappa shape index (κ3) is 11.8. The van der Waals surface area contributed by atoms with Gasteiger partial charge in [0.05, 0.1) is 12.8 Å². The molecule has 3 N–H and O–H groups in total. The number of carbonyl (C=O) groups is 3. The summed E-state index contributed by atoms with van der Waals surface area (Å²) in [6, 6.07) is 9.14. The Morgan fingerprint density at radius 3 is 2.09 bits per heavy atom. The Kier molecular flexibility index (Phi) is 12.4. The SMILES string of the molecule is CCC(CC(=O)Nc1ccc(C(=O)Oc2ccc(C(N)=S)cc2)c(OC(=O)CC(CO[N+](=O)[O-])O[N+](=O)[O-])c1)O[N+](=O)[O-]. The first-order valence-corrected chi connectivity index (χ1v) is 12.3. The summed E-state index contributed by atoms with van der Waals surface area (Å²) < 4.78 is 10.5. The highest BCUT2D eigenvalue weighted by atomic mass is 32.1. The van der Waals surface area contributed by atoms with Gasteiger partial charge in [0.15, 0.2) is 0 Å². The van der Waals surface area contributed by atoms with E-state index in [1.165, 1.54) is 30.3 Å². The summed E-state index contributed by atoms with van der Waals surface area (Å²) in [4.78, 5) is 82.5. The highest BCUT2D eigenvalue weighted by molar-refractivity contribution is 7.80. The van der Waals surface area contributed by atoms with Crippen LogP contribution in [0.25, 0.3) is 0 Å². The normalized spacial score (nSPS) is 11.7. The summed E-state index contributed by atoms with van der Waals surface area (Å²) in [5.74, 6) is -3.45. The van der Waals surface area contributed by atoms with Gasteiger partial charge >= 0.3 is 11.9 Å². The van der Waals surface area contributed by atoms with Crippen LogP contribution in [0, 0.1) is 30.3 Å². The van der Waals surface area contributed by atoms with Crippen molar-refractivity contribution in [1.29, 1.82) is 0 Å². The largest absolute Gasteiger partial charge is 0.425 e. The topological polar surface area (TPSA) is 265 Å². The Labute approximate surface area is 246 Å². The number of nitrogens with zero attached hydrogens (tertiary/aromatic N) is 3. The molecule has 0 aliphatic carbocycles. The zero-order valence-electron chi connectivity index (χ0n) is 22.1. The molecule has 2 aromatic rings. The van der Waals surface area contributed by atoms with Crippen molar-refractivity contribution in [2.45, 2.75) is 38.4 Å². The van der Waals surface area contributed by atoms with Crippen LogP contribution >= 0.6 is 12.2 Å². The molecule has 20 heteroatoms. The monoisotopic (exact) mass is 625 g/mol. The number of nitrogens with two attached hydrogens (primary N) is 1. The number of hydrogen-bond donors (Lipinski definition) is 2. The van der Waals surface area contributed by atoms with Crippen LogP contribution in [0.15, 0.2) is 42.5 Å². The predicted octanol–water partition coefficient (Wildman–Crippen LogP) is 1.94. The quantitative estimate of drug-likeness (QED) is 0.0835. The zero-order chi connectivity index (χ0) is 32.1. The minimum atomic E-state index is -1.76. The summed E-state index contributed by atoms with van der Waals surface area (Å²) in [5, 5.41) is 30.6. The first-order chi connectivity index (χ1) is 20.3. The van der Waals surface area contributed by atoms with Crippen molar-refractivity contribution in [3.8, 4) is 11.5 Å². The second-order valence-electron chi connectivity index (χ2n) is 8.25. The standard InChI is InChI=1S/C23H23N5O14S/c1-2-15(41-27(34)35)10-20(29)25-14-5-8-18(23(31)39-16-6-3-13(4-7-16)22(24)43)19(9-14)40-21(30)11-17(42-28(36)37)12-38-26(32)33/h3-9,15,17H,2,10-12H2,1H3,(H2,24,43)(H,25,29). The molecule has 0 bridgehead atoms. The number of hydrogen-bond acceptors (Lipinski definition) is 15. The first-order valence-electron chi connectivity index (χ1n) is 11.9. The summed E-state index contributed by atoms with van der Waals surface area (Å²) in [6.45, 7) is 0.560. The fourth-order valence-corrected chi connectivity index (χ4v) is 3.38. The van der Waals surface area contributed by atoms with E-state index < -0.39 is 70.5 Å². The van der Waals surface area contributed by atoms with E-state index >= 15 is 0 Å². The lowest BCUT2D eigenvalue weighted by Gasteiger charge is -2.16. The van der Waals surface area contributed by atoms with Gasteiger partial charge < -0.3 is 35.0 Å². The van der Waals surface area contributed by atoms with Gasteiger partial charge in [0.1, 0.15) is 40.9 Å². The Hall–Kier alpha value is -5.66. The van der Waals surface area contributed by atoms with Crippen LogP contribution in [0.5, 0.6) is 11.5 Å². The van der Waals surface area contributed by atoms with Gasteiger partial charge in [0.2, 0.25) is 5.91 Å². The smallest absolute Gasteiger partial charge is 0.347 e. The highest BCUT2D eigenvalue weighted by Crippen LogP contribution is 2.27. The maximum atomic E-state index is 13.0. The van der Waals surface area contributed by atoms with Crippen molar-refractivity contribution in [1.82, 2.24) is 0 Å². The van der Waals surface area contributed by atoms with Gasteiger partial charge in [-0.05, 0) is 42.8 Å². The Morgan fingerprint density at radius 2 is 1.53 bits per heavy atom. The Balaban J connectivity index is 2.31. The fourth-order valence-electron chi connectivity index (χ4n) is 3.24. The zero-order valence-corrected chi connectivity index (χ0v) is 22.9. The van der Waals surface area contributed by atoms with Crippen molar-refractivity contribution in [3.05, 3.63) is 83.9 Å². The average Bonchev–Trinajstić information content (AvgIpc) is 2.91. The van der Waals surface area contributed by atoms with E-state index in [-0.39, 0.29) is 28.4 Å². The third-order valence-corrected chi connectivity index (χ3v) is 5.39. The van der Waals surface area contributed by atoms with Crippen LogP contribution in [0.2, 0.25) is 0 Å². The summed E-state index contributed by atoms with van der Waals surface area (Å²) in [7, 11) is 0. The number of nitrogens with one attached hydrogen (secondary N) is 1. The van der Waals surface area contributed by atoms with Gasteiger partial charge in [-0.2, -0.15) is 0 Å². The molecule has 0 aliphatic rings. The summed E-state index contributed by atoms with van der Waals surface area (Å²) in [5.41, 5.74) is 5.66. The number of thiocarbonyl (C=S) groups is 1. The number of benzene rings is 2. The average molecular weight is 626 g/mol. The van der Waals surface area contributed by atoms with Gasteiger partial charge in [-0.3, -0.25) is 9.59 Å². The van der Waals surface area contributed by atoms with Crippen LogP contribution in [0.1, 0.15) is 42.1 Å². The molecule has 0 spiro atoms. The van der Waals surface area contributed by atoms with Crippen LogP contribution in [-0.2, 0) is 24.1 Å². The van der Waals surface area contributed by atoms with Crippen molar-refractivity contribution in [2.75, 3.05) is 11.9 Å². The number of anilines is 1.